The quantitative estimate of drug-likeness (QED) is 0.631. The van der Waals surface area contributed by atoms with Crippen molar-refractivity contribution < 1.29 is 14.3 Å². The lowest BCUT2D eigenvalue weighted by Gasteiger charge is -2.20. The number of carbonyl (C=O) groups excluding carboxylic acids is 2. The molecule has 1 atom stereocenters. The third kappa shape index (κ3) is 3.05. The second-order valence-electron chi connectivity index (χ2n) is 6.30. The molecule has 0 radical (unpaired) electrons. The molecule has 3 heteroatoms. The summed E-state index contributed by atoms with van der Waals surface area (Å²) in [5.74, 6) is -1.25. The molecule has 0 saturated heterocycles. The van der Waals surface area contributed by atoms with Gasteiger partial charge in [0.2, 0.25) is 0 Å². The smallest absolute Gasteiger partial charge is 0.179 e. The van der Waals surface area contributed by atoms with Crippen LogP contribution in [0.5, 0.6) is 0 Å². The standard InChI is InChI=1S/C18H20O3/c1-6-12-13-8-7-11(2)9-14(13)17(20)16(12)15(19)10-21-18(3,4)5/h7-9,16H,1,10H2,2-5H3. The van der Waals surface area contributed by atoms with Crippen molar-refractivity contribution in [2.24, 2.45) is 5.92 Å². The first-order valence-corrected chi connectivity index (χ1v) is 6.96. The molecule has 1 unspecified atom stereocenters. The third-order valence-electron chi connectivity index (χ3n) is 3.44. The van der Waals surface area contributed by atoms with Gasteiger partial charge in [0.1, 0.15) is 12.5 Å². The molecule has 110 valence electrons. The van der Waals surface area contributed by atoms with Crippen molar-refractivity contribution in [2.45, 2.75) is 33.3 Å². The van der Waals surface area contributed by atoms with Gasteiger partial charge in [-0.1, -0.05) is 24.3 Å². The van der Waals surface area contributed by atoms with Gasteiger partial charge in [0.25, 0.3) is 0 Å². The fourth-order valence-corrected chi connectivity index (χ4v) is 2.41. The monoisotopic (exact) mass is 284 g/mol. The zero-order valence-electron chi connectivity index (χ0n) is 12.9. The van der Waals surface area contributed by atoms with Crippen LogP contribution in [0, 0.1) is 12.8 Å². The molecular weight excluding hydrogens is 264 g/mol. The third-order valence-corrected chi connectivity index (χ3v) is 3.44. The van der Waals surface area contributed by atoms with Crippen LogP contribution in [0.15, 0.2) is 30.5 Å². The minimum Gasteiger partial charge on any atom is -0.368 e. The molecule has 0 aliphatic heterocycles. The zero-order chi connectivity index (χ0) is 15.8. The summed E-state index contributed by atoms with van der Waals surface area (Å²) < 4.78 is 5.50. The molecule has 0 fully saturated rings. The van der Waals surface area contributed by atoms with Crippen LogP contribution < -0.4 is 0 Å². The van der Waals surface area contributed by atoms with Crippen molar-refractivity contribution in [1.29, 1.82) is 0 Å². The molecule has 1 aliphatic rings. The highest BCUT2D eigenvalue weighted by Gasteiger charge is 2.40. The van der Waals surface area contributed by atoms with Crippen molar-refractivity contribution in [3.8, 4) is 0 Å². The molecule has 2 rings (SSSR count). The Kier molecular flexibility index (Phi) is 3.99. The van der Waals surface area contributed by atoms with Crippen LogP contribution in [0.3, 0.4) is 0 Å². The van der Waals surface area contributed by atoms with E-state index in [-0.39, 0.29) is 18.2 Å². The highest BCUT2D eigenvalue weighted by Crippen LogP contribution is 2.37. The number of carbonyl (C=O) groups is 2. The SMILES string of the molecule is C=C=C1c2ccc(C)cc2C(=O)C1C(=O)COC(C)(C)C. The Balaban J connectivity index is 2.32. The van der Waals surface area contributed by atoms with Crippen molar-refractivity contribution in [3.63, 3.8) is 0 Å². The minimum atomic E-state index is -0.832. The van der Waals surface area contributed by atoms with Gasteiger partial charge in [0.15, 0.2) is 11.6 Å². The van der Waals surface area contributed by atoms with Crippen molar-refractivity contribution >= 4 is 17.1 Å². The second-order valence-corrected chi connectivity index (χ2v) is 6.30. The van der Waals surface area contributed by atoms with Gasteiger partial charge in [-0.3, -0.25) is 9.59 Å². The first-order valence-electron chi connectivity index (χ1n) is 6.96. The Labute approximate surface area is 125 Å². The summed E-state index contributed by atoms with van der Waals surface area (Å²) in [5, 5.41) is 0. The van der Waals surface area contributed by atoms with E-state index < -0.39 is 11.5 Å². The molecule has 0 N–H and O–H groups in total. The molecule has 0 saturated carbocycles. The summed E-state index contributed by atoms with van der Waals surface area (Å²) in [6.07, 6.45) is 0. The normalized spacial score (nSPS) is 17.6. The van der Waals surface area contributed by atoms with Crippen LogP contribution in [0.4, 0.5) is 0 Å². The minimum absolute atomic E-state index is 0.0853. The van der Waals surface area contributed by atoms with Gasteiger partial charge < -0.3 is 4.74 Å². The lowest BCUT2D eigenvalue weighted by molar-refractivity contribution is -0.129. The summed E-state index contributed by atoms with van der Waals surface area (Å²) in [6.45, 7) is 11.1. The molecule has 0 aromatic heterocycles. The largest absolute Gasteiger partial charge is 0.368 e. The van der Waals surface area contributed by atoms with E-state index in [1.807, 2.05) is 45.9 Å². The average molecular weight is 284 g/mol. The Morgan fingerprint density at radius 1 is 1.33 bits per heavy atom. The molecule has 0 bridgehead atoms. The molecule has 1 aromatic carbocycles. The van der Waals surface area contributed by atoms with Gasteiger partial charge in [0, 0.05) is 11.1 Å². The van der Waals surface area contributed by atoms with E-state index >= 15 is 0 Å². The van der Waals surface area contributed by atoms with Crippen LogP contribution in [0.2, 0.25) is 0 Å². The van der Waals surface area contributed by atoms with E-state index in [1.54, 1.807) is 0 Å². The number of hydrogen-bond donors (Lipinski definition) is 0. The number of ether oxygens (including phenoxy) is 1. The lowest BCUT2D eigenvalue weighted by Crippen LogP contribution is -2.29. The zero-order valence-corrected chi connectivity index (χ0v) is 12.9. The van der Waals surface area contributed by atoms with E-state index in [2.05, 4.69) is 12.3 Å². The van der Waals surface area contributed by atoms with E-state index in [0.717, 1.165) is 11.1 Å². The first kappa shape index (κ1) is 15.4. The average Bonchev–Trinajstić information content (AvgIpc) is 2.67. The van der Waals surface area contributed by atoms with E-state index in [4.69, 9.17) is 4.74 Å². The van der Waals surface area contributed by atoms with Crippen LogP contribution >= 0.6 is 0 Å². The molecular formula is C18H20O3. The lowest BCUT2D eigenvalue weighted by atomic mass is 9.95. The predicted molar refractivity (Wildman–Crippen MR) is 82.3 cm³/mol. The molecule has 0 spiro atoms. The maximum atomic E-state index is 12.5. The van der Waals surface area contributed by atoms with Gasteiger partial charge in [-0.05, 0) is 39.3 Å². The number of Topliss-reactive ketones (excluding diaryl/α,β-unsaturated/α-hetero) is 2. The summed E-state index contributed by atoms with van der Waals surface area (Å²) in [5.41, 5.74) is 5.25. The Bertz CT molecular complexity index is 656. The summed E-state index contributed by atoms with van der Waals surface area (Å²) >= 11 is 0. The van der Waals surface area contributed by atoms with Crippen molar-refractivity contribution in [1.82, 2.24) is 0 Å². The number of ketones is 2. The number of hydrogen-bond acceptors (Lipinski definition) is 3. The van der Waals surface area contributed by atoms with Gasteiger partial charge >= 0.3 is 0 Å². The van der Waals surface area contributed by atoms with E-state index in [9.17, 15) is 9.59 Å². The van der Waals surface area contributed by atoms with Crippen LogP contribution in [0.1, 0.15) is 42.3 Å². The Hall–Kier alpha value is -1.96. The maximum absolute atomic E-state index is 12.5. The van der Waals surface area contributed by atoms with Gasteiger partial charge in [-0.15, -0.1) is 5.73 Å². The molecule has 3 nitrogen and oxygen atoms in total. The molecule has 1 aliphatic carbocycles. The van der Waals surface area contributed by atoms with Crippen LogP contribution in [-0.2, 0) is 9.53 Å². The number of benzene rings is 1. The van der Waals surface area contributed by atoms with Crippen LogP contribution in [-0.4, -0.2) is 23.8 Å². The fourth-order valence-electron chi connectivity index (χ4n) is 2.41. The molecule has 0 heterocycles. The van der Waals surface area contributed by atoms with E-state index in [0.29, 0.717) is 11.1 Å². The summed E-state index contributed by atoms with van der Waals surface area (Å²) in [4.78, 5) is 24.9. The van der Waals surface area contributed by atoms with Gasteiger partial charge in [-0.2, -0.15) is 0 Å². The topological polar surface area (TPSA) is 43.4 Å². The first-order chi connectivity index (χ1) is 9.74. The predicted octanol–water partition coefficient (Wildman–Crippen LogP) is 3.36. The highest BCUT2D eigenvalue weighted by atomic mass is 16.5. The number of fused-ring (bicyclic) bond motifs is 1. The van der Waals surface area contributed by atoms with Crippen molar-refractivity contribution in [3.05, 3.63) is 47.2 Å². The van der Waals surface area contributed by atoms with Gasteiger partial charge in [-0.25, -0.2) is 0 Å². The number of aryl methyl sites for hydroxylation is 1. The van der Waals surface area contributed by atoms with Gasteiger partial charge in [0.05, 0.1) is 5.60 Å². The summed E-state index contributed by atoms with van der Waals surface area (Å²) in [7, 11) is 0. The second kappa shape index (κ2) is 5.44. The van der Waals surface area contributed by atoms with Crippen LogP contribution in [0.25, 0.3) is 5.57 Å². The fraction of sp³-hybridized carbons (Fsp3) is 0.389. The summed E-state index contributed by atoms with van der Waals surface area (Å²) in [6, 6.07) is 5.59. The molecule has 0 amide bonds. The molecule has 21 heavy (non-hydrogen) atoms. The van der Waals surface area contributed by atoms with Crippen molar-refractivity contribution in [2.75, 3.05) is 6.61 Å². The Morgan fingerprint density at radius 2 is 2.00 bits per heavy atom. The number of allylic oxidation sites excluding steroid dienone is 1. The number of rotatable bonds is 3. The maximum Gasteiger partial charge on any atom is 0.179 e. The Morgan fingerprint density at radius 3 is 2.57 bits per heavy atom. The van der Waals surface area contributed by atoms with E-state index in [1.165, 1.54) is 0 Å². The molecule has 1 aromatic rings. The highest BCUT2D eigenvalue weighted by molar-refractivity contribution is 6.25.